The quantitative estimate of drug-likeness (QED) is 0.480. The summed E-state index contributed by atoms with van der Waals surface area (Å²) in [6.45, 7) is 13.7. The van der Waals surface area contributed by atoms with Gasteiger partial charge in [0.2, 0.25) is 0 Å². The first kappa shape index (κ1) is 26.4. The Kier molecular flexibility index (Phi) is 7.60. The Morgan fingerprint density at radius 2 is 1.78 bits per heavy atom. The van der Waals surface area contributed by atoms with Gasteiger partial charge in [0.25, 0.3) is 0 Å². The minimum Gasteiger partial charge on any atom is -0.489 e. The molecule has 1 atom stereocenters. The fraction of sp³-hybridized carbons (Fsp3) is 0.621. The number of rotatable bonds is 7. The molecule has 3 heterocycles. The highest BCUT2D eigenvalue weighted by atomic mass is 16.5. The fourth-order valence-corrected chi connectivity index (χ4v) is 5.18. The highest BCUT2D eigenvalue weighted by Gasteiger charge is 2.36. The summed E-state index contributed by atoms with van der Waals surface area (Å²) in [5.74, 6) is -0.245. The van der Waals surface area contributed by atoms with Crippen LogP contribution in [0.25, 0.3) is 11.3 Å². The maximum Gasteiger partial charge on any atom is 0.337 e. The van der Waals surface area contributed by atoms with Crippen LogP contribution in [0.15, 0.2) is 24.5 Å². The van der Waals surface area contributed by atoms with E-state index in [4.69, 9.17) is 14.5 Å². The monoisotopic (exact) mass is 495 g/mol. The molecule has 196 valence electrons. The van der Waals surface area contributed by atoms with Gasteiger partial charge in [-0.05, 0) is 83.8 Å². The van der Waals surface area contributed by atoms with Crippen molar-refractivity contribution < 1.29 is 19.4 Å². The first-order valence-electron chi connectivity index (χ1n) is 13.2. The second-order valence-electron chi connectivity index (χ2n) is 12.0. The molecule has 1 N–H and O–H groups in total. The van der Waals surface area contributed by atoms with Gasteiger partial charge in [-0.3, -0.25) is 9.97 Å². The third kappa shape index (κ3) is 6.17. The summed E-state index contributed by atoms with van der Waals surface area (Å²) in [6, 6.07) is 3.92. The number of carboxylic acid groups (broad SMARTS) is 1. The minimum atomic E-state index is -1.13. The normalized spacial score (nSPS) is 19.3. The van der Waals surface area contributed by atoms with E-state index in [1.54, 1.807) is 6.20 Å². The molecule has 2 aromatic heterocycles. The van der Waals surface area contributed by atoms with Crippen molar-refractivity contribution in [3.8, 4) is 17.0 Å². The number of aryl methyl sites for hydroxylation is 1. The van der Waals surface area contributed by atoms with Crippen LogP contribution in [0.4, 0.5) is 5.69 Å². The van der Waals surface area contributed by atoms with Gasteiger partial charge in [-0.2, -0.15) is 0 Å². The van der Waals surface area contributed by atoms with Crippen LogP contribution in [0.3, 0.4) is 0 Å². The van der Waals surface area contributed by atoms with E-state index in [0.717, 1.165) is 61.5 Å². The topological polar surface area (TPSA) is 84.8 Å². The largest absolute Gasteiger partial charge is 0.489 e. The first-order chi connectivity index (χ1) is 16.9. The predicted octanol–water partition coefficient (Wildman–Crippen LogP) is 6.34. The lowest BCUT2D eigenvalue weighted by Gasteiger charge is -2.40. The molecule has 2 aromatic rings. The Morgan fingerprint density at radius 3 is 2.33 bits per heavy atom. The van der Waals surface area contributed by atoms with Crippen molar-refractivity contribution >= 4 is 11.7 Å². The highest BCUT2D eigenvalue weighted by molar-refractivity contribution is 5.85. The fourth-order valence-electron chi connectivity index (χ4n) is 5.18. The molecule has 0 radical (unpaired) electrons. The molecule has 1 saturated carbocycles. The van der Waals surface area contributed by atoms with Gasteiger partial charge in [-0.25, -0.2) is 4.79 Å². The van der Waals surface area contributed by atoms with Crippen LogP contribution >= 0.6 is 0 Å². The van der Waals surface area contributed by atoms with E-state index in [9.17, 15) is 9.90 Å². The van der Waals surface area contributed by atoms with Crippen molar-refractivity contribution in [3.05, 3.63) is 35.8 Å². The molecule has 0 aromatic carbocycles. The predicted molar refractivity (Wildman–Crippen MR) is 142 cm³/mol. The zero-order chi connectivity index (χ0) is 26.1. The van der Waals surface area contributed by atoms with Gasteiger partial charge in [0, 0.05) is 36.1 Å². The number of hydrogen-bond donors (Lipinski definition) is 1. The number of piperidine rings is 1. The number of ether oxygens (including phenoxy) is 2. The zero-order valence-corrected chi connectivity index (χ0v) is 22.6. The average molecular weight is 496 g/mol. The Labute approximate surface area is 215 Å². The van der Waals surface area contributed by atoms with E-state index in [0.29, 0.717) is 11.3 Å². The standard InChI is InChI=1S/C29H41N3O4/c1-19-24(26(27(33)34)36-28(2,3)4)25(32-15-13-29(5,6)14-16-32)22(18-30-19)23-12-11-21(17-31-23)35-20-9-7-8-10-20/h11-12,17-18,20,26H,7-10,13-16H2,1-6H3,(H,33,34)/t26-/m0/s1. The number of hydrogen-bond acceptors (Lipinski definition) is 6. The Hall–Kier alpha value is -2.67. The maximum absolute atomic E-state index is 12.5. The van der Waals surface area contributed by atoms with Crippen LogP contribution in [0.1, 0.15) is 90.5 Å². The van der Waals surface area contributed by atoms with Crippen molar-refractivity contribution in [1.29, 1.82) is 0 Å². The molecule has 7 heteroatoms. The number of carboxylic acids is 1. The molecule has 36 heavy (non-hydrogen) atoms. The summed E-state index contributed by atoms with van der Waals surface area (Å²) in [6.07, 6.45) is 9.38. The molecular weight excluding hydrogens is 454 g/mol. The molecule has 0 amide bonds. The van der Waals surface area contributed by atoms with Gasteiger partial charge in [-0.1, -0.05) is 13.8 Å². The molecule has 0 unspecified atom stereocenters. The lowest BCUT2D eigenvalue weighted by Crippen LogP contribution is -2.39. The van der Waals surface area contributed by atoms with Gasteiger partial charge < -0.3 is 19.5 Å². The second-order valence-corrected chi connectivity index (χ2v) is 12.0. The Bertz CT molecular complexity index is 1060. The van der Waals surface area contributed by atoms with E-state index < -0.39 is 17.7 Å². The van der Waals surface area contributed by atoms with Crippen molar-refractivity contribution in [2.24, 2.45) is 5.41 Å². The second kappa shape index (κ2) is 10.4. The molecule has 0 spiro atoms. The van der Waals surface area contributed by atoms with Gasteiger partial charge >= 0.3 is 5.97 Å². The molecule has 0 bridgehead atoms. The smallest absolute Gasteiger partial charge is 0.337 e. The minimum absolute atomic E-state index is 0.254. The van der Waals surface area contributed by atoms with Crippen LogP contribution in [0.5, 0.6) is 5.75 Å². The molecule has 1 saturated heterocycles. The van der Waals surface area contributed by atoms with Crippen molar-refractivity contribution in [3.63, 3.8) is 0 Å². The van der Waals surface area contributed by atoms with Crippen molar-refractivity contribution in [2.75, 3.05) is 18.0 Å². The Morgan fingerprint density at radius 1 is 1.11 bits per heavy atom. The molecule has 2 fully saturated rings. The van der Waals surface area contributed by atoms with E-state index in [1.807, 2.05) is 46.0 Å². The highest BCUT2D eigenvalue weighted by Crippen LogP contribution is 2.43. The molecular formula is C29H41N3O4. The average Bonchev–Trinajstić information content (AvgIpc) is 3.31. The van der Waals surface area contributed by atoms with Crippen LogP contribution in [0.2, 0.25) is 0 Å². The van der Waals surface area contributed by atoms with Gasteiger partial charge in [-0.15, -0.1) is 0 Å². The van der Waals surface area contributed by atoms with Crippen LogP contribution in [0, 0.1) is 12.3 Å². The number of carbonyl (C=O) groups is 1. The van der Waals surface area contributed by atoms with E-state index in [2.05, 4.69) is 23.7 Å². The zero-order valence-electron chi connectivity index (χ0n) is 22.6. The number of nitrogens with zero attached hydrogens (tertiary/aromatic N) is 3. The van der Waals surface area contributed by atoms with Crippen LogP contribution < -0.4 is 9.64 Å². The number of aromatic nitrogens is 2. The SMILES string of the molecule is Cc1ncc(-c2ccc(OC3CCCC3)cn2)c(N2CCC(C)(C)CC2)c1[C@H](OC(C)(C)C)C(=O)O. The summed E-state index contributed by atoms with van der Waals surface area (Å²) in [5.41, 5.74) is 3.34. The molecule has 1 aliphatic carbocycles. The van der Waals surface area contributed by atoms with Crippen LogP contribution in [-0.4, -0.2) is 45.8 Å². The Balaban J connectivity index is 1.78. The lowest BCUT2D eigenvalue weighted by atomic mass is 9.82. The van der Waals surface area contributed by atoms with Crippen molar-refractivity contribution in [1.82, 2.24) is 9.97 Å². The van der Waals surface area contributed by atoms with Crippen molar-refractivity contribution in [2.45, 2.75) is 97.9 Å². The molecule has 1 aliphatic heterocycles. The van der Waals surface area contributed by atoms with E-state index >= 15 is 0 Å². The first-order valence-corrected chi connectivity index (χ1v) is 13.2. The summed E-state index contributed by atoms with van der Waals surface area (Å²) in [7, 11) is 0. The van der Waals surface area contributed by atoms with E-state index in [1.165, 1.54) is 12.8 Å². The molecule has 4 rings (SSSR count). The summed E-state index contributed by atoms with van der Waals surface area (Å²) in [4.78, 5) is 24.2. The van der Waals surface area contributed by atoms with E-state index in [-0.39, 0.29) is 11.5 Å². The lowest BCUT2D eigenvalue weighted by molar-refractivity contribution is -0.160. The van der Waals surface area contributed by atoms with Gasteiger partial charge in [0.15, 0.2) is 6.10 Å². The number of anilines is 1. The summed E-state index contributed by atoms with van der Waals surface area (Å²) < 4.78 is 12.2. The molecule has 2 aliphatic rings. The van der Waals surface area contributed by atoms with Crippen LogP contribution in [-0.2, 0) is 9.53 Å². The summed E-state index contributed by atoms with van der Waals surface area (Å²) >= 11 is 0. The maximum atomic E-state index is 12.5. The molecule has 7 nitrogen and oxygen atoms in total. The summed E-state index contributed by atoms with van der Waals surface area (Å²) in [5, 5.41) is 10.3. The third-order valence-electron chi connectivity index (χ3n) is 7.30. The third-order valence-corrected chi connectivity index (χ3v) is 7.30. The number of pyridine rings is 2. The van der Waals surface area contributed by atoms with Gasteiger partial charge in [0.1, 0.15) is 5.75 Å². The number of aliphatic carboxylic acids is 1. The van der Waals surface area contributed by atoms with Gasteiger partial charge in [0.05, 0.1) is 29.3 Å².